The van der Waals surface area contributed by atoms with Gasteiger partial charge >= 0.3 is 0 Å². The van der Waals surface area contributed by atoms with Gasteiger partial charge < -0.3 is 14.5 Å². The molecule has 194 valence electrons. The Bertz CT molecular complexity index is 1390. The second-order valence-corrected chi connectivity index (χ2v) is 9.50. The van der Waals surface area contributed by atoms with Gasteiger partial charge in [-0.25, -0.2) is 4.68 Å². The topological polar surface area (TPSA) is 102 Å². The fraction of sp³-hybridized carbons (Fsp3) is 0.357. The van der Waals surface area contributed by atoms with E-state index >= 15 is 0 Å². The molecule has 9 nitrogen and oxygen atoms in total. The van der Waals surface area contributed by atoms with E-state index in [-0.39, 0.29) is 18.4 Å². The minimum atomic E-state index is -1.06. The molecule has 0 radical (unpaired) electrons. The first-order valence-electron chi connectivity index (χ1n) is 12.4. The monoisotopic (exact) mass is 503 g/mol. The minimum absolute atomic E-state index is 0.132. The van der Waals surface area contributed by atoms with Gasteiger partial charge in [0.05, 0.1) is 18.3 Å². The van der Waals surface area contributed by atoms with Crippen molar-refractivity contribution in [3.8, 4) is 5.75 Å². The molecule has 2 heterocycles. The molecule has 0 unspecified atom stereocenters. The smallest absolute Gasteiger partial charge is 0.251 e. The number of rotatable bonds is 10. The number of aryl methyl sites for hydroxylation is 2. The Morgan fingerprint density at radius 3 is 2.59 bits per heavy atom. The summed E-state index contributed by atoms with van der Waals surface area (Å²) in [4.78, 5) is 29.3. The normalized spacial score (nSPS) is 12.1. The van der Waals surface area contributed by atoms with E-state index in [0.29, 0.717) is 40.9 Å². The molecule has 0 aliphatic rings. The van der Waals surface area contributed by atoms with Crippen LogP contribution >= 0.6 is 0 Å². The number of ether oxygens (including phenoxy) is 1. The maximum Gasteiger partial charge on any atom is 0.251 e. The van der Waals surface area contributed by atoms with Crippen LogP contribution in [0.3, 0.4) is 0 Å². The SMILES string of the molecule is COc1ccc(C)cc1N(C(=O)Cn1nnc2ccccc21)[C@@H](C(=O)NCCC(C)C)c1ccc(C)o1. The van der Waals surface area contributed by atoms with Crippen molar-refractivity contribution in [3.05, 3.63) is 71.7 Å². The zero-order valence-corrected chi connectivity index (χ0v) is 21.9. The highest BCUT2D eigenvalue weighted by atomic mass is 16.5. The first-order valence-corrected chi connectivity index (χ1v) is 12.4. The van der Waals surface area contributed by atoms with Gasteiger partial charge in [-0.15, -0.1) is 5.10 Å². The number of nitrogens with one attached hydrogen (secondary N) is 1. The first kappa shape index (κ1) is 25.9. The Balaban J connectivity index is 1.81. The van der Waals surface area contributed by atoms with Crippen molar-refractivity contribution >= 4 is 28.5 Å². The summed E-state index contributed by atoms with van der Waals surface area (Å²) in [5.74, 6) is 1.18. The van der Waals surface area contributed by atoms with E-state index in [2.05, 4.69) is 29.5 Å². The lowest BCUT2D eigenvalue weighted by molar-refractivity contribution is -0.127. The van der Waals surface area contributed by atoms with Crippen LogP contribution in [0.25, 0.3) is 11.0 Å². The number of carbonyl (C=O) groups is 2. The van der Waals surface area contributed by atoms with Crippen LogP contribution in [0.1, 0.15) is 43.4 Å². The molecule has 2 aromatic heterocycles. The zero-order chi connectivity index (χ0) is 26.5. The number of carbonyl (C=O) groups excluding carboxylic acids is 2. The van der Waals surface area contributed by atoms with Crippen molar-refractivity contribution in [1.29, 1.82) is 0 Å². The molecule has 0 saturated heterocycles. The standard InChI is InChI=1S/C28H33N5O4/c1-18(2)14-15-29-28(35)27(25-13-11-20(4)37-25)33(23-16-19(3)10-12-24(23)36-5)26(34)17-32-22-9-7-6-8-21(22)30-31-32/h6-13,16,18,27H,14-15,17H2,1-5H3,(H,29,35)/t27-/m1/s1. The molecule has 0 aliphatic heterocycles. The number of hydrogen-bond donors (Lipinski definition) is 1. The molecule has 1 N–H and O–H groups in total. The summed E-state index contributed by atoms with van der Waals surface area (Å²) in [6, 6.07) is 15.4. The summed E-state index contributed by atoms with van der Waals surface area (Å²) < 4.78 is 13.1. The van der Waals surface area contributed by atoms with E-state index in [4.69, 9.17) is 9.15 Å². The van der Waals surface area contributed by atoms with Crippen molar-refractivity contribution in [2.75, 3.05) is 18.6 Å². The summed E-state index contributed by atoms with van der Waals surface area (Å²) in [6.07, 6.45) is 0.808. The van der Waals surface area contributed by atoms with Gasteiger partial charge in [-0.1, -0.05) is 37.3 Å². The average molecular weight is 504 g/mol. The summed E-state index contributed by atoms with van der Waals surface area (Å²) in [5, 5.41) is 11.4. The fourth-order valence-corrected chi connectivity index (χ4v) is 4.20. The van der Waals surface area contributed by atoms with Gasteiger partial charge in [-0.3, -0.25) is 14.5 Å². The quantitative estimate of drug-likeness (QED) is 0.340. The molecular formula is C28H33N5O4. The third-order valence-corrected chi connectivity index (χ3v) is 6.13. The fourth-order valence-electron chi connectivity index (χ4n) is 4.20. The first-order chi connectivity index (χ1) is 17.8. The number of methoxy groups -OCH3 is 1. The van der Waals surface area contributed by atoms with Crippen LogP contribution in [0.4, 0.5) is 5.69 Å². The minimum Gasteiger partial charge on any atom is -0.495 e. The number of aromatic nitrogens is 3. The van der Waals surface area contributed by atoms with E-state index in [1.165, 1.54) is 16.7 Å². The Kier molecular flexibility index (Phi) is 7.91. The summed E-state index contributed by atoms with van der Waals surface area (Å²) in [6.45, 7) is 8.26. The van der Waals surface area contributed by atoms with E-state index in [0.717, 1.165) is 17.5 Å². The number of para-hydroxylation sites is 1. The van der Waals surface area contributed by atoms with Crippen molar-refractivity contribution in [3.63, 3.8) is 0 Å². The molecule has 2 aromatic carbocycles. The maximum atomic E-state index is 14.1. The number of fused-ring (bicyclic) bond motifs is 1. The lowest BCUT2D eigenvalue weighted by atomic mass is 10.1. The summed E-state index contributed by atoms with van der Waals surface area (Å²) in [5.41, 5.74) is 2.78. The van der Waals surface area contributed by atoms with Gasteiger partial charge in [0.1, 0.15) is 29.3 Å². The third kappa shape index (κ3) is 5.82. The Morgan fingerprint density at radius 2 is 1.89 bits per heavy atom. The van der Waals surface area contributed by atoms with Crippen molar-refractivity contribution in [1.82, 2.24) is 20.3 Å². The highest BCUT2D eigenvalue weighted by Gasteiger charge is 2.37. The second-order valence-electron chi connectivity index (χ2n) is 9.50. The summed E-state index contributed by atoms with van der Waals surface area (Å²) >= 11 is 0. The lowest BCUT2D eigenvalue weighted by Gasteiger charge is -2.31. The molecule has 0 fully saturated rings. The summed E-state index contributed by atoms with van der Waals surface area (Å²) in [7, 11) is 1.54. The maximum absolute atomic E-state index is 14.1. The van der Waals surface area contributed by atoms with E-state index in [9.17, 15) is 9.59 Å². The van der Waals surface area contributed by atoms with Gasteiger partial charge in [0, 0.05) is 6.54 Å². The van der Waals surface area contributed by atoms with Gasteiger partial charge in [0.25, 0.3) is 5.91 Å². The van der Waals surface area contributed by atoms with Crippen LogP contribution in [0, 0.1) is 19.8 Å². The van der Waals surface area contributed by atoms with Crippen LogP contribution in [0.2, 0.25) is 0 Å². The van der Waals surface area contributed by atoms with Crippen LogP contribution in [-0.2, 0) is 16.1 Å². The van der Waals surface area contributed by atoms with Gasteiger partial charge in [0.2, 0.25) is 5.91 Å². The molecule has 0 saturated carbocycles. The predicted molar refractivity (Wildman–Crippen MR) is 141 cm³/mol. The van der Waals surface area contributed by atoms with Crippen LogP contribution < -0.4 is 15.0 Å². The Hall–Kier alpha value is -4.14. The Morgan fingerprint density at radius 1 is 1.11 bits per heavy atom. The molecule has 0 bridgehead atoms. The molecule has 4 aromatic rings. The van der Waals surface area contributed by atoms with E-state index in [1.54, 1.807) is 25.1 Å². The third-order valence-electron chi connectivity index (χ3n) is 6.13. The van der Waals surface area contributed by atoms with Crippen molar-refractivity contribution < 1.29 is 18.7 Å². The van der Waals surface area contributed by atoms with Crippen LogP contribution in [-0.4, -0.2) is 40.5 Å². The number of anilines is 1. The molecule has 0 spiro atoms. The largest absolute Gasteiger partial charge is 0.495 e. The van der Waals surface area contributed by atoms with Gasteiger partial charge in [-0.2, -0.15) is 0 Å². The molecule has 2 amide bonds. The molecule has 4 rings (SSSR count). The second kappa shape index (κ2) is 11.3. The van der Waals surface area contributed by atoms with Crippen LogP contribution in [0.15, 0.2) is 59.0 Å². The van der Waals surface area contributed by atoms with E-state index < -0.39 is 6.04 Å². The number of amides is 2. The Labute approximate surface area is 216 Å². The van der Waals surface area contributed by atoms with Crippen molar-refractivity contribution in [2.45, 2.75) is 46.7 Å². The average Bonchev–Trinajstić information content (AvgIpc) is 3.48. The highest BCUT2D eigenvalue weighted by molar-refractivity contribution is 6.02. The van der Waals surface area contributed by atoms with Crippen LogP contribution in [0.5, 0.6) is 5.75 Å². The van der Waals surface area contributed by atoms with Crippen molar-refractivity contribution in [2.24, 2.45) is 5.92 Å². The number of hydrogen-bond acceptors (Lipinski definition) is 6. The molecule has 0 aliphatic carbocycles. The molecule has 9 heteroatoms. The number of furan rings is 1. The number of nitrogens with zero attached hydrogens (tertiary/aromatic N) is 4. The number of benzene rings is 2. The van der Waals surface area contributed by atoms with Gasteiger partial charge in [0.15, 0.2) is 6.04 Å². The molecular weight excluding hydrogens is 470 g/mol. The lowest BCUT2D eigenvalue weighted by Crippen LogP contribution is -2.45. The van der Waals surface area contributed by atoms with E-state index in [1.807, 2.05) is 43.3 Å². The van der Waals surface area contributed by atoms with Gasteiger partial charge in [-0.05, 0) is 68.1 Å². The molecule has 1 atom stereocenters. The predicted octanol–water partition coefficient (Wildman–Crippen LogP) is 4.59. The molecule has 37 heavy (non-hydrogen) atoms. The highest BCUT2D eigenvalue weighted by Crippen LogP contribution is 2.36. The zero-order valence-electron chi connectivity index (χ0n) is 21.9.